The van der Waals surface area contributed by atoms with Crippen LogP contribution in [0.15, 0.2) is 53.6 Å². The van der Waals surface area contributed by atoms with Gasteiger partial charge in [0.1, 0.15) is 0 Å². The van der Waals surface area contributed by atoms with Crippen molar-refractivity contribution in [3.63, 3.8) is 0 Å². The van der Waals surface area contributed by atoms with E-state index in [4.69, 9.17) is 9.47 Å². The standard InChI is InChI=1S/C18H18N2O4/c1-13(21)24-16-9-8-15(10-17(16)23-2)12-19-20-18(22)11-14-6-4-3-5-7-14/h3-10,12H,11H2,1-2H3,(H,20,22). The number of rotatable bonds is 6. The van der Waals surface area contributed by atoms with E-state index in [0.29, 0.717) is 17.1 Å². The van der Waals surface area contributed by atoms with Crippen LogP contribution in [0.3, 0.4) is 0 Å². The largest absolute Gasteiger partial charge is 0.493 e. The summed E-state index contributed by atoms with van der Waals surface area (Å²) in [7, 11) is 1.48. The zero-order chi connectivity index (χ0) is 17.4. The van der Waals surface area contributed by atoms with Crippen molar-refractivity contribution >= 4 is 18.1 Å². The van der Waals surface area contributed by atoms with Crippen molar-refractivity contribution in [2.24, 2.45) is 5.10 Å². The molecule has 0 spiro atoms. The Hall–Kier alpha value is -3.15. The van der Waals surface area contributed by atoms with Gasteiger partial charge in [-0.25, -0.2) is 5.43 Å². The van der Waals surface area contributed by atoms with E-state index in [0.717, 1.165) is 5.56 Å². The Bertz CT molecular complexity index is 742. The number of carbonyl (C=O) groups is 2. The highest BCUT2D eigenvalue weighted by atomic mass is 16.6. The van der Waals surface area contributed by atoms with Crippen LogP contribution in [-0.2, 0) is 16.0 Å². The second kappa shape index (κ2) is 8.47. The second-order valence-electron chi connectivity index (χ2n) is 4.96. The van der Waals surface area contributed by atoms with E-state index < -0.39 is 5.97 Å². The average Bonchev–Trinajstić information content (AvgIpc) is 2.56. The first-order valence-corrected chi connectivity index (χ1v) is 7.31. The van der Waals surface area contributed by atoms with Crippen molar-refractivity contribution in [2.45, 2.75) is 13.3 Å². The summed E-state index contributed by atoms with van der Waals surface area (Å²) < 4.78 is 10.2. The number of amides is 1. The van der Waals surface area contributed by atoms with Crippen molar-refractivity contribution in [3.8, 4) is 11.5 Å². The molecular weight excluding hydrogens is 308 g/mol. The van der Waals surface area contributed by atoms with Crippen molar-refractivity contribution in [3.05, 3.63) is 59.7 Å². The van der Waals surface area contributed by atoms with Crippen molar-refractivity contribution in [2.75, 3.05) is 7.11 Å². The molecule has 0 aromatic heterocycles. The quantitative estimate of drug-likeness (QED) is 0.382. The Labute approximate surface area is 140 Å². The summed E-state index contributed by atoms with van der Waals surface area (Å²) in [6, 6.07) is 14.4. The molecule has 2 aromatic carbocycles. The Morgan fingerprint density at radius 3 is 2.54 bits per heavy atom. The van der Waals surface area contributed by atoms with Crippen LogP contribution in [0.4, 0.5) is 0 Å². The molecule has 6 nitrogen and oxygen atoms in total. The lowest BCUT2D eigenvalue weighted by molar-refractivity contribution is -0.132. The van der Waals surface area contributed by atoms with Crippen molar-refractivity contribution in [1.82, 2.24) is 5.43 Å². The predicted molar refractivity (Wildman–Crippen MR) is 90.2 cm³/mol. The fourth-order valence-corrected chi connectivity index (χ4v) is 2.00. The van der Waals surface area contributed by atoms with Gasteiger partial charge in [0.05, 0.1) is 19.7 Å². The summed E-state index contributed by atoms with van der Waals surface area (Å²) in [5.74, 6) is 0.101. The van der Waals surface area contributed by atoms with Gasteiger partial charge in [0.25, 0.3) is 0 Å². The number of carbonyl (C=O) groups excluding carboxylic acids is 2. The number of hydrogen-bond acceptors (Lipinski definition) is 5. The first kappa shape index (κ1) is 17.2. The van der Waals surface area contributed by atoms with E-state index in [1.54, 1.807) is 18.2 Å². The molecule has 0 heterocycles. The minimum absolute atomic E-state index is 0.207. The second-order valence-corrected chi connectivity index (χ2v) is 4.96. The van der Waals surface area contributed by atoms with Crippen LogP contribution in [0, 0.1) is 0 Å². The molecule has 0 atom stereocenters. The van der Waals surface area contributed by atoms with E-state index in [2.05, 4.69) is 10.5 Å². The number of hydrogen-bond donors (Lipinski definition) is 1. The predicted octanol–water partition coefficient (Wildman–Crippen LogP) is 2.31. The van der Waals surface area contributed by atoms with Gasteiger partial charge in [-0.05, 0) is 29.3 Å². The van der Waals surface area contributed by atoms with Gasteiger partial charge in [-0.1, -0.05) is 30.3 Å². The summed E-state index contributed by atoms with van der Waals surface area (Å²) in [6.07, 6.45) is 1.75. The third-order valence-electron chi connectivity index (χ3n) is 3.05. The normalized spacial score (nSPS) is 10.4. The minimum Gasteiger partial charge on any atom is -0.493 e. The molecule has 0 fully saturated rings. The molecule has 0 saturated heterocycles. The number of ether oxygens (including phenoxy) is 2. The molecule has 0 bridgehead atoms. The Balaban J connectivity index is 1.96. The van der Waals surface area contributed by atoms with Gasteiger partial charge in [-0.15, -0.1) is 0 Å². The molecule has 0 radical (unpaired) electrons. The zero-order valence-corrected chi connectivity index (χ0v) is 13.5. The summed E-state index contributed by atoms with van der Waals surface area (Å²) >= 11 is 0. The Morgan fingerprint density at radius 1 is 1.12 bits per heavy atom. The van der Waals surface area contributed by atoms with Gasteiger partial charge in [-0.3, -0.25) is 9.59 Å². The van der Waals surface area contributed by atoms with E-state index in [-0.39, 0.29) is 12.3 Å². The summed E-state index contributed by atoms with van der Waals surface area (Å²) in [6.45, 7) is 1.32. The van der Waals surface area contributed by atoms with Crippen molar-refractivity contribution in [1.29, 1.82) is 0 Å². The average molecular weight is 326 g/mol. The summed E-state index contributed by atoms with van der Waals surface area (Å²) in [4.78, 5) is 22.8. The molecule has 0 aliphatic rings. The van der Waals surface area contributed by atoms with Crippen LogP contribution in [0.25, 0.3) is 0 Å². The topological polar surface area (TPSA) is 77.0 Å². The fourth-order valence-electron chi connectivity index (χ4n) is 2.00. The highest BCUT2D eigenvalue weighted by Crippen LogP contribution is 2.27. The molecule has 0 saturated carbocycles. The number of hydrazone groups is 1. The molecule has 2 rings (SSSR count). The monoisotopic (exact) mass is 326 g/mol. The maximum atomic E-state index is 11.8. The SMILES string of the molecule is COc1cc(C=NNC(=O)Cc2ccccc2)ccc1OC(C)=O. The maximum absolute atomic E-state index is 11.8. The highest BCUT2D eigenvalue weighted by Gasteiger charge is 2.07. The van der Waals surface area contributed by atoms with Gasteiger partial charge >= 0.3 is 5.97 Å². The molecular formula is C18H18N2O4. The number of esters is 1. The molecule has 24 heavy (non-hydrogen) atoms. The molecule has 1 N–H and O–H groups in total. The van der Waals surface area contributed by atoms with Gasteiger partial charge in [0.2, 0.25) is 5.91 Å². The van der Waals surface area contributed by atoms with Crippen LogP contribution in [0.5, 0.6) is 11.5 Å². The molecule has 124 valence electrons. The van der Waals surface area contributed by atoms with E-state index in [1.807, 2.05) is 30.3 Å². The van der Waals surface area contributed by atoms with Crippen LogP contribution < -0.4 is 14.9 Å². The van der Waals surface area contributed by atoms with Crippen LogP contribution >= 0.6 is 0 Å². The minimum atomic E-state index is -0.428. The number of methoxy groups -OCH3 is 1. The highest BCUT2D eigenvalue weighted by molar-refractivity contribution is 5.84. The number of nitrogens with one attached hydrogen (secondary N) is 1. The zero-order valence-electron chi connectivity index (χ0n) is 13.5. The van der Waals surface area contributed by atoms with E-state index in [9.17, 15) is 9.59 Å². The Kier molecular flexibility index (Phi) is 6.08. The molecule has 0 aliphatic heterocycles. The summed E-state index contributed by atoms with van der Waals surface area (Å²) in [5, 5.41) is 3.92. The van der Waals surface area contributed by atoms with Crippen LogP contribution in [-0.4, -0.2) is 25.2 Å². The van der Waals surface area contributed by atoms with Gasteiger partial charge in [0, 0.05) is 6.92 Å². The number of benzene rings is 2. The van der Waals surface area contributed by atoms with Crippen molar-refractivity contribution < 1.29 is 19.1 Å². The fraction of sp³-hybridized carbons (Fsp3) is 0.167. The molecule has 0 unspecified atom stereocenters. The lowest BCUT2D eigenvalue weighted by atomic mass is 10.1. The Morgan fingerprint density at radius 2 is 1.88 bits per heavy atom. The lowest BCUT2D eigenvalue weighted by Gasteiger charge is -2.08. The van der Waals surface area contributed by atoms with Gasteiger partial charge in [-0.2, -0.15) is 5.10 Å². The van der Waals surface area contributed by atoms with Crippen LogP contribution in [0.2, 0.25) is 0 Å². The first-order valence-electron chi connectivity index (χ1n) is 7.31. The summed E-state index contributed by atoms with van der Waals surface area (Å²) in [5.41, 5.74) is 4.08. The maximum Gasteiger partial charge on any atom is 0.308 e. The third-order valence-corrected chi connectivity index (χ3v) is 3.05. The van der Waals surface area contributed by atoms with Gasteiger partial charge in [0.15, 0.2) is 11.5 Å². The van der Waals surface area contributed by atoms with Crippen LogP contribution in [0.1, 0.15) is 18.1 Å². The molecule has 0 aliphatic carbocycles. The molecule has 6 heteroatoms. The third kappa shape index (κ3) is 5.24. The molecule has 1 amide bonds. The number of nitrogens with zero attached hydrogens (tertiary/aromatic N) is 1. The first-order chi connectivity index (χ1) is 11.6. The molecule has 2 aromatic rings. The van der Waals surface area contributed by atoms with Gasteiger partial charge < -0.3 is 9.47 Å². The van der Waals surface area contributed by atoms with E-state index in [1.165, 1.54) is 20.2 Å². The smallest absolute Gasteiger partial charge is 0.308 e. The lowest BCUT2D eigenvalue weighted by Crippen LogP contribution is -2.19. The van der Waals surface area contributed by atoms with E-state index >= 15 is 0 Å².